The lowest BCUT2D eigenvalue weighted by atomic mass is 10.1. The molecule has 38 heavy (non-hydrogen) atoms. The second kappa shape index (κ2) is 13.0. The first-order chi connectivity index (χ1) is 18.4. The fraction of sp³-hybridized carbons (Fsp3) is 0.333. The van der Waals surface area contributed by atoms with Gasteiger partial charge in [0, 0.05) is 29.9 Å². The molecule has 0 saturated heterocycles. The maximum atomic E-state index is 13.0. The van der Waals surface area contributed by atoms with E-state index in [0.29, 0.717) is 17.0 Å². The number of carbonyl (C=O) groups is 1. The third-order valence-electron chi connectivity index (χ3n) is 6.49. The van der Waals surface area contributed by atoms with Gasteiger partial charge in [-0.1, -0.05) is 74.5 Å². The molecule has 8 heteroatoms. The zero-order valence-electron chi connectivity index (χ0n) is 22.1. The van der Waals surface area contributed by atoms with Gasteiger partial charge in [-0.05, 0) is 55.3 Å². The SMILES string of the molecule is CCCN(CCC)Cc1ccc(N=C(CCS(=O)(=O)NC2C(=O)Nc3ccccc32)c2ccccc2)cc1. The molecule has 1 atom stereocenters. The van der Waals surface area contributed by atoms with E-state index in [1.54, 1.807) is 24.3 Å². The number of sulfonamides is 1. The molecule has 1 unspecified atom stereocenters. The van der Waals surface area contributed by atoms with Crippen LogP contribution in [-0.4, -0.2) is 43.8 Å². The van der Waals surface area contributed by atoms with Crippen molar-refractivity contribution in [2.45, 2.75) is 45.7 Å². The van der Waals surface area contributed by atoms with Crippen LogP contribution in [0.2, 0.25) is 0 Å². The van der Waals surface area contributed by atoms with Crippen LogP contribution in [-0.2, 0) is 21.4 Å². The zero-order chi connectivity index (χ0) is 27.0. The molecule has 200 valence electrons. The van der Waals surface area contributed by atoms with Gasteiger partial charge >= 0.3 is 0 Å². The van der Waals surface area contributed by atoms with Crippen LogP contribution in [0.1, 0.15) is 55.8 Å². The Hall–Kier alpha value is -3.33. The Morgan fingerprint density at radius 1 is 0.921 bits per heavy atom. The summed E-state index contributed by atoms with van der Waals surface area (Å²) in [6.45, 7) is 7.44. The van der Waals surface area contributed by atoms with Crippen molar-refractivity contribution in [2.75, 3.05) is 24.2 Å². The van der Waals surface area contributed by atoms with Gasteiger partial charge in [-0.25, -0.2) is 8.42 Å². The van der Waals surface area contributed by atoms with Gasteiger partial charge in [-0.15, -0.1) is 0 Å². The number of carbonyl (C=O) groups excluding carboxylic acids is 1. The molecule has 0 aromatic heterocycles. The number of rotatable bonds is 13. The fourth-order valence-electron chi connectivity index (χ4n) is 4.68. The molecule has 0 fully saturated rings. The molecule has 4 rings (SSSR count). The van der Waals surface area contributed by atoms with E-state index in [9.17, 15) is 13.2 Å². The Morgan fingerprint density at radius 2 is 1.58 bits per heavy atom. The van der Waals surface area contributed by atoms with Crippen molar-refractivity contribution >= 4 is 33.0 Å². The van der Waals surface area contributed by atoms with Crippen LogP contribution in [0.25, 0.3) is 0 Å². The van der Waals surface area contributed by atoms with Crippen LogP contribution in [0, 0.1) is 0 Å². The fourth-order valence-corrected chi connectivity index (χ4v) is 5.86. The quantitative estimate of drug-likeness (QED) is 0.287. The van der Waals surface area contributed by atoms with Gasteiger partial charge in [0.05, 0.1) is 11.4 Å². The summed E-state index contributed by atoms with van der Waals surface area (Å²) in [6, 6.07) is 23.9. The highest BCUT2D eigenvalue weighted by Gasteiger charge is 2.33. The molecule has 3 aromatic carbocycles. The first-order valence-electron chi connectivity index (χ1n) is 13.2. The van der Waals surface area contributed by atoms with Crippen LogP contribution in [0.15, 0.2) is 83.9 Å². The number of nitrogens with zero attached hydrogens (tertiary/aromatic N) is 2. The van der Waals surface area contributed by atoms with Crippen molar-refractivity contribution < 1.29 is 13.2 Å². The second-order valence-electron chi connectivity index (χ2n) is 9.56. The van der Waals surface area contributed by atoms with Gasteiger partial charge in [0.15, 0.2) is 0 Å². The predicted octanol–water partition coefficient (Wildman–Crippen LogP) is 5.43. The summed E-state index contributed by atoms with van der Waals surface area (Å²) in [5, 5.41) is 2.73. The summed E-state index contributed by atoms with van der Waals surface area (Å²) < 4.78 is 28.6. The molecule has 0 saturated carbocycles. The Labute approximate surface area is 226 Å². The van der Waals surface area contributed by atoms with E-state index in [2.05, 4.69) is 40.9 Å². The standard InChI is InChI=1S/C30H36N4O3S/c1-3-19-34(20-4-2)22-23-14-16-25(17-15-23)31-27(24-10-6-5-7-11-24)18-21-38(36,37)33-29-26-12-8-9-13-28(26)32-30(29)35/h5-17,29,33H,3-4,18-22H2,1-2H3,(H,32,35). The lowest BCUT2D eigenvalue weighted by molar-refractivity contribution is -0.117. The number of aliphatic imine (C=N–C) groups is 1. The van der Waals surface area contributed by atoms with E-state index in [-0.39, 0.29) is 18.1 Å². The molecular formula is C30H36N4O3S. The van der Waals surface area contributed by atoms with E-state index in [1.165, 1.54) is 5.56 Å². The second-order valence-corrected chi connectivity index (χ2v) is 11.4. The van der Waals surface area contributed by atoms with Crippen molar-refractivity contribution in [1.29, 1.82) is 0 Å². The number of nitrogens with one attached hydrogen (secondary N) is 2. The van der Waals surface area contributed by atoms with Crippen LogP contribution in [0.4, 0.5) is 11.4 Å². The molecule has 0 radical (unpaired) electrons. The van der Waals surface area contributed by atoms with Crippen LogP contribution in [0.3, 0.4) is 0 Å². The molecule has 3 aromatic rings. The van der Waals surface area contributed by atoms with Crippen molar-refractivity contribution in [3.8, 4) is 0 Å². The van der Waals surface area contributed by atoms with Crippen molar-refractivity contribution in [3.63, 3.8) is 0 Å². The molecule has 0 aliphatic carbocycles. The molecule has 1 aliphatic heterocycles. The summed E-state index contributed by atoms with van der Waals surface area (Å²) >= 11 is 0. The third-order valence-corrected chi connectivity index (χ3v) is 7.83. The average Bonchev–Trinajstić information content (AvgIpc) is 3.22. The van der Waals surface area contributed by atoms with Crippen molar-refractivity contribution in [3.05, 3.63) is 95.6 Å². The monoisotopic (exact) mass is 532 g/mol. The number of hydrogen-bond donors (Lipinski definition) is 2. The van der Waals surface area contributed by atoms with Gasteiger partial charge in [0.1, 0.15) is 6.04 Å². The first-order valence-corrected chi connectivity index (χ1v) is 14.9. The molecule has 7 nitrogen and oxygen atoms in total. The minimum atomic E-state index is -3.76. The van der Waals surface area contributed by atoms with Gasteiger partial charge < -0.3 is 5.32 Å². The van der Waals surface area contributed by atoms with Gasteiger partial charge in [-0.3, -0.25) is 14.7 Å². The summed E-state index contributed by atoms with van der Waals surface area (Å²) in [7, 11) is -3.76. The molecule has 0 bridgehead atoms. The number of anilines is 1. The minimum absolute atomic E-state index is 0.187. The van der Waals surface area contributed by atoms with E-state index in [0.717, 1.165) is 43.7 Å². The average molecular weight is 533 g/mol. The lowest BCUT2D eigenvalue weighted by Crippen LogP contribution is -2.35. The summed E-state index contributed by atoms with van der Waals surface area (Å²) in [4.78, 5) is 19.7. The Morgan fingerprint density at radius 3 is 2.26 bits per heavy atom. The summed E-state index contributed by atoms with van der Waals surface area (Å²) in [5.74, 6) is -0.559. The summed E-state index contributed by atoms with van der Waals surface area (Å²) in [6.07, 6.45) is 2.45. The van der Waals surface area contributed by atoms with Gasteiger partial charge in [0.2, 0.25) is 15.9 Å². The molecule has 0 spiro atoms. The minimum Gasteiger partial charge on any atom is -0.324 e. The van der Waals surface area contributed by atoms with Gasteiger partial charge in [0.25, 0.3) is 0 Å². The van der Waals surface area contributed by atoms with Crippen LogP contribution in [0.5, 0.6) is 0 Å². The smallest absolute Gasteiger partial charge is 0.247 e. The Balaban J connectivity index is 1.49. The highest BCUT2D eigenvalue weighted by molar-refractivity contribution is 7.89. The maximum Gasteiger partial charge on any atom is 0.247 e. The van der Waals surface area contributed by atoms with Crippen molar-refractivity contribution in [2.24, 2.45) is 4.99 Å². The first kappa shape index (κ1) is 27.7. The van der Waals surface area contributed by atoms with E-state index < -0.39 is 16.1 Å². The predicted molar refractivity (Wildman–Crippen MR) is 154 cm³/mol. The maximum absolute atomic E-state index is 13.0. The highest BCUT2D eigenvalue weighted by atomic mass is 32.2. The highest BCUT2D eigenvalue weighted by Crippen LogP contribution is 2.30. The summed E-state index contributed by atoms with van der Waals surface area (Å²) in [5.41, 5.74) is 4.82. The molecule has 2 N–H and O–H groups in total. The zero-order valence-corrected chi connectivity index (χ0v) is 22.9. The molecular weight excluding hydrogens is 496 g/mol. The van der Waals surface area contributed by atoms with Gasteiger partial charge in [-0.2, -0.15) is 4.72 Å². The number of para-hydroxylation sites is 1. The van der Waals surface area contributed by atoms with E-state index in [1.807, 2.05) is 42.5 Å². The number of benzene rings is 3. The van der Waals surface area contributed by atoms with Crippen molar-refractivity contribution in [1.82, 2.24) is 9.62 Å². The molecule has 1 aliphatic rings. The lowest BCUT2D eigenvalue weighted by Gasteiger charge is -2.21. The Kier molecular flexibility index (Phi) is 9.44. The topological polar surface area (TPSA) is 90.9 Å². The van der Waals surface area contributed by atoms with E-state index >= 15 is 0 Å². The number of hydrogen-bond acceptors (Lipinski definition) is 5. The van der Waals surface area contributed by atoms with Crippen LogP contribution >= 0.6 is 0 Å². The normalized spacial score (nSPS) is 15.5. The molecule has 1 heterocycles. The third kappa shape index (κ3) is 7.37. The Bertz CT molecular complexity index is 1350. The molecule has 1 amide bonds. The number of fused-ring (bicyclic) bond motifs is 1. The largest absolute Gasteiger partial charge is 0.324 e. The number of amides is 1. The van der Waals surface area contributed by atoms with Crippen LogP contribution < -0.4 is 10.0 Å². The van der Waals surface area contributed by atoms with E-state index in [4.69, 9.17) is 4.99 Å².